The first kappa shape index (κ1) is 10.6. The van der Waals surface area contributed by atoms with Crippen molar-refractivity contribution in [3.05, 3.63) is 24.3 Å². The van der Waals surface area contributed by atoms with Crippen LogP contribution in [0.25, 0.3) is 0 Å². The highest BCUT2D eigenvalue weighted by Crippen LogP contribution is 2.44. The summed E-state index contributed by atoms with van der Waals surface area (Å²) in [4.78, 5) is 17.8. The van der Waals surface area contributed by atoms with E-state index >= 15 is 0 Å². The summed E-state index contributed by atoms with van der Waals surface area (Å²) in [5, 5.41) is 11.0. The van der Waals surface area contributed by atoms with Crippen LogP contribution in [0.3, 0.4) is 0 Å². The van der Waals surface area contributed by atoms with E-state index in [9.17, 15) is 9.90 Å². The second kappa shape index (κ2) is 3.74. The molecule has 90 valence electrons. The summed E-state index contributed by atoms with van der Waals surface area (Å²) < 4.78 is 0. The van der Waals surface area contributed by atoms with E-state index in [4.69, 9.17) is 4.84 Å². The number of carbonyl (C=O) groups excluding carboxylic acids is 1. The van der Waals surface area contributed by atoms with Gasteiger partial charge in [-0.15, -0.1) is 0 Å². The van der Waals surface area contributed by atoms with Crippen molar-refractivity contribution in [2.45, 2.75) is 37.7 Å². The van der Waals surface area contributed by atoms with Crippen molar-refractivity contribution >= 4 is 11.6 Å². The van der Waals surface area contributed by atoms with Gasteiger partial charge in [-0.25, -0.2) is 0 Å². The SMILES string of the molecule is O=C1CC2(CCCC2)ON1c1ccccc1O. The Kier molecular flexibility index (Phi) is 2.33. The molecule has 1 aliphatic heterocycles. The third-order valence-corrected chi connectivity index (χ3v) is 3.60. The van der Waals surface area contributed by atoms with Gasteiger partial charge in [-0.3, -0.25) is 9.63 Å². The molecule has 2 fully saturated rings. The molecule has 1 aliphatic carbocycles. The summed E-state index contributed by atoms with van der Waals surface area (Å²) >= 11 is 0. The molecule has 4 heteroatoms. The average molecular weight is 233 g/mol. The molecular weight excluding hydrogens is 218 g/mol. The summed E-state index contributed by atoms with van der Waals surface area (Å²) in [6.07, 6.45) is 4.52. The number of aromatic hydroxyl groups is 1. The highest BCUT2D eigenvalue weighted by Gasteiger charge is 2.47. The fourth-order valence-corrected chi connectivity index (χ4v) is 2.73. The number of anilines is 1. The number of nitrogens with zero attached hydrogens (tertiary/aromatic N) is 1. The largest absolute Gasteiger partial charge is 0.506 e. The van der Waals surface area contributed by atoms with Gasteiger partial charge in [-0.05, 0) is 25.0 Å². The number of hydroxylamine groups is 1. The van der Waals surface area contributed by atoms with Gasteiger partial charge in [0.2, 0.25) is 0 Å². The van der Waals surface area contributed by atoms with Crippen molar-refractivity contribution in [3.8, 4) is 5.75 Å². The molecule has 0 atom stereocenters. The zero-order valence-corrected chi connectivity index (χ0v) is 9.56. The molecule has 17 heavy (non-hydrogen) atoms. The van der Waals surface area contributed by atoms with Crippen molar-refractivity contribution in [2.75, 3.05) is 5.06 Å². The lowest BCUT2D eigenvalue weighted by Gasteiger charge is -2.23. The Morgan fingerprint density at radius 1 is 1.24 bits per heavy atom. The second-order valence-corrected chi connectivity index (χ2v) is 4.84. The fraction of sp³-hybridized carbons (Fsp3) is 0.462. The van der Waals surface area contributed by atoms with Gasteiger partial charge in [0.15, 0.2) is 0 Å². The van der Waals surface area contributed by atoms with E-state index in [0.29, 0.717) is 12.1 Å². The average Bonchev–Trinajstić information content (AvgIpc) is 2.88. The zero-order valence-electron chi connectivity index (χ0n) is 9.56. The topological polar surface area (TPSA) is 49.8 Å². The Morgan fingerprint density at radius 2 is 1.94 bits per heavy atom. The first-order chi connectivity index (χ1) is 8.20. The van der Waals surface area contributed by atoms with Crippen LogP contribution in [0.5, 0.6) is 5.75 Å². The summed E-state index contributed by atoms with van der Waals surface area (Å²) in [7, 11) is 0. The van der Waals surface area contributed by atoms with Gasteiger partial charge < -0.3 is 5.11 Å². The fourth-order valence-electron chi connectivity index (χ4n) is 2.73. The highest BCUT2D eigenvalue weighted by molar-refractivity contribution is 5.95. The number of phenolic OH excluding ortho intramolecular Hbond substituents is 1. The van der Waals surface area contributed by atoms with Gasteiger partial charge in [0.1, 0.15) is 17.0 Å². The van der Waals surface area contributed by atoms with Crippen molar-refractivity contribution in [2.24, 2.45) is 0 Å². The molecule has 0 radical (unpaired) electrons. The number of hydrogen-bond donors (Lipinski definition) is 1. The molecule has 1 N–H and O–H groups in total. The summed E-state index contributed by atoms with van der Waals surface area (Å²) in [5.41, 5.74) is 0.139. The van der Waals surface area contributed by atoms with Crippen LogP contribution in [-0.4, -0.2) is 16.6 Å². The summed E-state index contributed by atoms with van der Waals surface area (Å²) in [5.74, 6) is 0.0179. The van der Waals surface area contributed by atoms with E-state index in [0.717, 1.165) is 25.7 Å². The van der Waals surface area contributed by atoms with Crippen molar-refractivity contribution in [1.82, 2.24) is 0 Å². The maximum Gasteiger partial charge on any atom is 0.254 e. The molecule has 0 unspecified atom stereocenters. The minimum atomic E-state index is -0.306. The van der Waals surface area contributed by atoms with Gasteiger partial charge in [0.25, 0.3) is 5.91 Å². The molecule has 3 rings (SSSR count). The predicted molar refractivity (Wildman–Crippen MR) is 62.5 cm³/mol. The summed E-state index contributed by atoms with van der Waals surface area (Å²) in [6, 6.07) is 6.77. The van der Waals surface area contributed by atoms with Gasteiger partial charge in [0, 0.05) is 0 Å². The van der Waals surface area contributed by atoms with Crippen LogP contribution in [0, 0.1) is 0 Å². The quantitative estimate of drug-likeness (QED) is 0.810. The zero-order chi connectivity index (χ0) is 11.9. The Labute approximate surface area is 99.8 Å². The van der Waals surface area contributed by atoms with Crippen molar-refractivity contribution in [3.63, 3.8) is 0 Å². The number of amides is 1. The van der Waals surface area contributed by atoms with E-state index in [1.54, 1.807) is 24.3 Å². The number of phenols is 1. The first-order valence-electron chi connectivity index (χ1n) is 6.00. The Hall–Kier alpha value is -1.55. The third-order valence-electron chi connectivity index (χ3n) is 3.60. The highest BCUT2D eigenvalue weighted by atomic mass is 16.7. The van der Waals surface area contributed by atoms with Crippen LogP contribution in [0.2, 0.25) is 0 Å². The van der Waals surface area contributed by atoms with Crippen LogP contribution in [0.4, 0.5) is 5.69 Å². The van der Waals surface area contributed by atoms with Crippen molar-refractivity contribution < 1.29 is 14.7 Å². The number of benzene rings is 1. The molecule has 4 nitrogen and oxygen atoms in total. The minimum absolute atomic E-state index is 0.0617. The molecule has 1 heterocycles. The molecule has 1 saturated carbocycles. The molecule has 0 bridgehead atoms. The molecule has 1 spiro atoms. The maximum atomic E-state index is 12.0. The van der Waals surface area contributed by atoms with E-state index in [2.05, 4.69) is 0 Å². The second-order valence-electron chi connectivity index (χ2n) is 4.84. The van der Waals surface area contributed by atoms with Gasteiger partial charge in [-0.2, -0.15) is 5.06 Å². The van der Waals surface area contributed by atoms with Gasteiger partial charge >= 0.3 is 0 Å². The van der Waals surface area contributed by atoms with Crippen LogP contribution >= 0.6 is 0 Å². The molecular formula is C13H15NO3. The summed E-state index contributed by atoms with van der Waals surface area (Å²) in [6.45, 7) is 0. The van der Waals surface area contributed by atoms with Crippen LogP contribution in [0.1, 0.15) is 32.1 Å². The molecule has 1 aromatic rings. The number of para-hydroxylation sites is 2. The molecule has 0 aromatic heterocycles. The normalized spacial score (nSPS) is 22.6. The van der Waals surface area contributed by atoms with E-state index in [-0.39, 0.29) is 17.3 Å². The molecule has 1 aromatic carbocycles. The van der Waals surface area contributed by atoms with E-state index < -0.39 is 0 Å². The smallest absolute Gasteiger partial charge is 0.254 e. The van der Waals surface area contributed by atoms with Gasteiger partial charge in [0.05, 0.1) is 6.42 Å². The first-order valence-corrected chi connectivity index (χ1v) is 6.00. The number of hydrogen-bond acceptors (Lipinski definition) is 3. The van der Waals surface area contributed by atoms with Gasteiger partial charge in [-0.1, -0.05) is 25.0 Å². The Balaban J connectivity index is 1.90. The number of carbonyl (C=O) groups is 1. The van der Waals surface area contributed by atoms with Crippen molar-refractivity contribution in [1.29, 1.82) is 0 Å². The van der Waals surface area contributed by atoms with Crippen LogP contribution in [0.15, 0.2) is 24.3 Å². The minimum Gasteiger partial charge on any atom is -0.506 e. The van der Waals surface area contributed by atoms with Crippen LogP contribution < -0.4 is 5.06 Å². The predicted octanol–water partition coefficient (Wildman–Crippen LogP) is 2.37. The standard InChI is InChI=1S/C13H15NO3/c15-11-6-2-1-5-10(11)14-12(16)9-13(17-14)7-3-4-8-13/h1-2,5-6,15H,3-4,7-9H2. The van der Waals surface area contributed by atoms with E-state index in [1.807, 2.05) is 0 Å². The molecule has 2 aliphatic rings. The van der Waals surface area contributed by atoms with E-state index in [1.165, 1.54) is 5.06 Å². The lowest BCUT2D eigenvalue weighted by atomic mass is 9.99. The Bertz CT molecular complexity index is 452. The monoisotopic (exact) mass is 233 g/mol. The number of rotatable bonds is 1. The third kappa shape index (κ3) is 1.69. The molecule has 1 amide bonds. The molecule has 1 saturated heterocycles. The Morgan fingerprint density at radius 3 is 2.65 bits per heavy atom. The van der Waals surface area contributed by atoms with Crippen LogP contribution in [-0.2, 0) is 9.63 Å². The lowest BCUT2D eigenvalue weighted by molar-refractivity contribution is -0.119. The lowest BCUT2D eigenvalue weighted by Crippen LogP contribution is -2.28. The maximum absolute atomic E-state index is 12.0.